The minimum absolute atomic E-state index is 0.0261. The van der Waals surface area contributed by atoms with Crippen molar-refractivity contribution in [3.8, 4) is 0 Å². The Bertz CT molecular complexity index is 770. The molecule has 1 fully saturated rings. The second-order valence-electron chi connectivity index (χ2n) is 8.43. The maximum atomic E-state index is 11.4. The molecular weight excluding hydrogens is 400 g/mol. The monoisotopic (exact) mass is 438 g/mol. The van der Waals surface area contributed by atoms with Crippen LogP contribution < -0.4 is 10.6 Å². The SMILES string of the molecule is CCNC(=NCc1ccc(CN2CC(C)OC(C)C2)cc1)NC(C)CCS(C)(=O)=O. The lowest BCUT2D eigenvalue weighted by molar-refractivity contribution is -0.0704. The van der Waals surface area contributed by atoms with E-state index in [9.17, 15) is 8.42 Å². The summed E-state index contributed by atoms with van der Waals surface area (Å²) in [5.74, 6) is 0.877. The minimum atomic E-state index is -2.95. The van der Waals surface area contributed by atoms with Gasteiger partial charge in [0.25, 0.3) is 0 Å². The molecule has 0 bridgehead atoms. The molecule has 0 amide bonds. The zero-order valence-corrected chi connectivity index (χ0v) is 19.8. The van der Waals surface area contributed by atoms with Crippen LogP contribution in [0.1, 0.15) is 45.2 Å². The van der Waals surface area contributed by atoms with Crippen LogP contribution in [0.5, 0.6) is 0 Å². The first-order chi connectivity index (χ1) is 14.1. The van der Waals surface area contributed by atoms with Gasteiger partial charge in [0.05, 0.1) is 24.5 Å². The summed E-state index contributed by atoms with van der Waals surface area (Å²) in [6.45, 7) is 12.4. The Morgan fingerprint density at radius 3 is 2.37 bits per heavy atom. The third-order valence-electron chi connectivity index (χ3n) is 4.99. The molecule has 1 aliphatic rings. The lowest BCUT2D eigenvalue weighted by Crippen LogP contribution is -2.44. The molecule has 7 nitrogen and oxygen atoms in total. The number of hydrogen-bond donors (Lipinski definition) is 2. The Labute approximate surface area is 182 Å². The molecule has 0 saturated carbocycles. The molecule has 0 spiro atoms. The molecule has 3 atom stereocenters. The number of aliphatic imine (C=N–C) groups is 1. The standard InChI is InChI=1S/C22H38N4O3S/c1-6-23-22(25-17(2)11-12-30(5,27)28)24-13-20-7-9-21(10-8-20)16-26-14-18(3)29-19(4)15-26/h7-10,17-19H,6,11-16H2,1-5H3,(H2,23,24,25). The third kappa shape index (κ3) is 9.45. The van der Waals surface area contributed by atoms with Crippen molar-refractivity contribution < 1.29 is 13.2 Å². The molecule has 2 N–H and O–H groups in total. The van der Waals surface area contributed by atoms with Crippen molar-refractivity contribution >= 4 is 15.8 Å². The number of benzene rings is 1. The zero-order chi connectivity index (χ0) is 22.1. The second kappa shape index (κ2) is 11.7. The van der Waals surface area contributed by atoms with Gasteiger partial charge in [-0.1, -0.05) is 24.3 Å². The normalized spacial score (nSPS) is 22.0. The summed E-state index contributed by atoms with van der Waals surface area (Å²) in [4.78, 5) is 7.09. The van der Waals surface area contributed by atoms with Crippen LogP contribution in [-0.4, -0.2) is 69.2 Å². The number of hydrogen-bond acceptors (Lipinski definition) is 5. The predicted molar refractivity (Wildman–Crippen MR) is 123 cm³/mol. The van der Waals surface area contributed by atoms with Gasteiger partial charge in [0, 0.05) is 38.5 Å². The average Bonchev–Trinajstić information content (AvgIpc) is 2.64. The zero-order valence-electron chi connectivity index (χ0n) is 19.0. The van der Waals surface area contributed by atoms with Crippen LogP contribution in [0.4, 0.5) is 0 Å². The molecule has 1 saturated heterocycles. The number of nitrogens with zero attached hydrogens (tertiary/aromatic N) is 2. The van der Waals surface area contributed by atoms with Crippen molar-refractivity contribution in [2.75, 3.05) is 31.6 Å². The minimum Gasteiger partial charge on any atom is -0.373 e. The summed E-state index contributed by atoms with van der Waals surface area (Å²) in [7, 11) is -2.95. The van der Waals surface area contributed by atoms with E-state index in [0.717, 1.165) is 31.7 Å². The molecule has 0 radical (unpaired) electrons. The fourth-order valence-electron chi connectivity index (χ4n) is 3.61. The number of ether oxygens (including phenoxy) is 1. The number of guanidine groups is 1. The highest BCUT2D eigenvalue weighted by molar-refractivity contribution is 7.90. The van der Waals surface area contributed by atoms with Gasteiger partial charge in [0.2, 0.25) is 0 Å². The topological polar surface area (TPSA) is 83.0 Å². The molecule has 170 valence electrons. The Hall–Kier alpha value is -1.64. The summed E-state index contributed by atoms with van der Waals surface area (Å²) in [5.41, 5.74) is 2.44. The Morgan fingerprint density at radius 1 is 1.20 bits per heavy atom. The van der Waals surface area contributed by atoms with Gasteiger partial charge < -0.3 is 15.4 Å². The third-order valence-corrected chi connectivity index (χ3v) is 5.97. The van der Waals surface area contributed by atoms with E-state index in [1.807, 2.05) is 13.8 Å². The molecule has 8 heteroatoms. The van der Waals surface area contributed by atoms with Crippen molar-refractivity contribution in [3.05, 3.63) is 35.4 Å². The van der Waals surface area contributed by atoms with Crippen LogP contribution in [0.15, 0.2) is 29.3 Å². The van der Waals surface area contributed by atoms with Crippen molar-refractivity contribution in [1.82, 2.24) is 15.5 Å². The largest absolute Gasteiger partial charge is 0.373 e. The van der Waals surface area contributed by atoms with Crippen molar-refractivity contribution in [2.45, 2.75) is 65.5 Å². The summed E-state index contributed by atoms with van der Waals surface area (Å²) in [5, 5.41) is 6.52. The highest BCUT2D eigenvalue weighted by Gasteiger charge is 2.21. The second-order valence-corrected chi connectivity index (χ2v) is 10.7. The Balaban J connectivity index is 1.89. The van der Waals surface area contributed by atoms with Crippen molar-refractivity contribution in [3.63, 3.8) is 0 Å². The van der Waals surface area contributed by atoms with E-state index in [4.69, 9.17) is 4.74 Å². The first-order valence-corrected chi connectivity index (χ1v) is 12.9. The summed E-state index contributed by atoms with van der Waals surface area (Å²) >= 11 is 0. The predicted octanol–water partition coefficient (Wildman–Crippen LogP) is 2.17. The van der Waals surface area contributed by atoms with E-state index < -0.39 is 9.84 Å². The molecule has 0 aliphatic carbocycles. The first kappa shape index (κ1) is 24.6. The lowest BCUT2D eigenvalue weighted by Gasteiger charge is -2.35. The number of morpholine rings is 1. The molecule has 3 unspecified atom stereocenters. The summed E-state index contributed by atoms with van der Waals surface area (Å²) in [6, 6.07) is 8.62. The van der Waals surface area contributed by atoms with Crippen LogP contribution in [0, 0.1) is 0 Å². The highest BCUT2D eigenvalue weighted by Crippen LogP contribution is 2.15. The van der Waals surface area contributed by atoms with Crippen LogP contribution in [0.2, 0.25) is 0 Å². The van der Waals surface area contributed by atoms with E-state index in [1.165, 1.54) is 11.8 Å². The summed E-state index contributed by atoms with van der Waals surface area (Å²) < 4.78 is 28.5. The average molecular weight is 439 g/mol. The van der Waals surface area contributed by atoms with E-state index in [2.05, 4.69) is 58.6 Å². The van der Waals surface area contributed by atoms with Gasteiger partial charge in [-0.05, 0) is 45.2 Å². The summed E-state index contributed by atoms with van der Waals surface area (Å²) in [6.07, 6.45) is 2.37. The van der Waals surface area contributed by atoms with E-state index in [1.54, 1.807) is 0 Å². The van der Waals surface area contributed by atoms with E-state index in [0.29, 0.717) is 18.9 Å². The van der Waals surface area contributed by atoms with E-state index in [-0.39, 0.29) is 24.0 Å². The first-order valence-electron chi connectivity index (χ1n) is 10.8. The lowest BCUT2D eigenvalue weighted by atomic mass is 10.1. The number of sulfone groups is 1. The van der Waals surface area contributed by atoms with Gasteiger partial charge in [-0.15, -0.1) is 0 Å². The molecule has 1 heterocycles. The van der Waals surface area contributed by atoms with Crippen molar-refractivity contribution in [2.24, 2.45) is 4.99 Å². The number of rotatable bonds is 9. The van der Waals surface area contributed by atoms with Gasteiger partial charge in [-0.3, -0.25) is 4.90 Å². The smallest absolute Gasteiger partial charge is 0.191 e. The maximum Gasteiger partial charge on any atom is 0.191 e. The quantitative estimate of drug-likeness (QED) is 0.454. The fourth-order valence-corrected chi connectivity index (χ4v) is 4.39. The Morgan fingerprint density at radius 2 is 1.80 bits per heavy atom. The highest BCUT2D eigenvalue weighted by atomic mass is 32.2. The molecule has 30 heavy (non-hydrogen) atoms. The molecule has 2 rings (SSSR count). The van der Waals surface area contributed by atoms with Gasteiger partial charge in [-0.25, -0.2) is 13.4 Å². The molecule has 1 aromatic carbocycles. The van der Waals surface area contributed by atoms with Gasteiger partial charge in [-0.2, -0.15) is 0 Å². The van der Waals surface area contributed by atoms with Gasteiger partial charge in [0.15, 0.2) is 5.96 Å². The maximum absolute atomic E-state index is 11.4. The molecular formula is C22H38N4O3S. The van der Waals surface area contributed by atoms with Crippen LogP contribution >= 0.6 is 0 Å². The van der Waals surface area contributed by atoms with Crippen LogP contribution in [0.3, 0.4) is 0 Å². The van der Waals surface area contributed by atoms with Crippen LogP contribution in [0.25, 0.3) is 0 Å². The fraction of sp³-hybridized carbons (Fsp3) is 0.682. The van der Waals surface area contributed by atoms with Crippen LogP contribution in [-0.2, 0) is 27.7 Å². The van der Waals surface area contributed by atoms with Gasteiger partial charge in [0.1, 0.15) is 9.84 Å². The Kier molecular flexibility index (Phi) is 9.58. The van der Waals surface area contributed by atoms with E-state index >= 15 is 0 Å². The molecule has 0 aromatic heterocycles. The van der Waals surface area contributed by atoms with Crippen molar-refractivity contribution in [1.29, 1.82) is 0 Å². The van der Waals surface area contributed by atoms with Gasteiger partial charge >= 0.3 is 0 Å². The molecule has 1 aliphatic heterocycles. The number of nitrogens with one attached hydrogen (secondary N) is 2. The molecule has 1 aromatic rings.